The number of H-pyrrole nitrogens is 1. The van der Waals surface area contributed by atoms with Crippen LogP contribution in [0.15, 0.2) is 45.7 Å². The highest BCUT2D eigenvalue weighted by atomic mass is 79.9. The molecule has 0 bridgehead atoms. The quantitative estimate of drug-likeness (QED) is 0.734. The summed E-state index contributed by atoms with van der Waals surface area (Å²) in [6, 6.07) is 11.6. The fourth-order valence-corrected chi connectivity index (χ4v) is 2.65. The third-order valence-corrected chi connectivity index (χ3v) is 4.13. The molecule has 0 aliphatic carbocycles. The second-order valence-electron chi connectivity index (χ2n) is 4.85. The van der Waals surface area contributed by atoms with Gasteiger partial charge in [-0.3, -0.25) is 4.79 Å². The van der Waals surface area contributed by atoms with Crippen LogP contribution in [0.2, 0.25) is 0 Å². The van der Waals surface area contributed by atoms with Crippen LogP contribution in [0.1, 0.15) is 11.1 Å². The number of rotatable bonds is 1. The van der Waals surface area contributed by atoms with Crippen molar-refractivity contribution < 1.29 is 0 Å². The molecule has 0 saturated carbocycles. The number of fused-ring (bicyclic) bond motifs is 1. The van der Waals surface area contributed by atoms with Gasteiger partial charge in [-0.25, -0.2) is 4.98 Å². The largest absolute Gasteiger partial charge is 0.319 e. The molecule has 0 fully saturated rings. The lowest BCUT2D eigenvalue weighted by atomic mass is 10.1. The summed E-state index contributed by atoms with van der Waals surface area (Å²) in [5.74, 6) is 0. The number of benzene rings is 2. The van der Waals surface area contributed by atoms with E-state index in [0.29, 0.717) is 5.69 Å². The lowest BCUT2D eigenvalue weighted by Gasteiger charge is -2.07. The average Bonchev–Trinajstić information content (AvgIpc) is 2.41. The van der Waals surface area contributed by atoms with Crippen LogP contribution >= 0.6 is 15.9 Å². The molecule has 1 heterocycles. The molecule has 0 amide bonds. The zero-order valence-electron chi connectivity index (χ0n) is 11.2. The van der Waals surface area contributed by atoms with E-state index in [4.69, 9.17) is 0 Å². The highest BCUT2D eigenvalue weighted by Crippen LogP contribution is 2.25. The molecule has 100 valence electrons. The van der Waals surface area contributed by atoms with Crippen LogP contribution in [-0.2, 0) is 0 Å². The first kappa shape index (κ1) is 13.1. The summed E-state index contributed by atoms with van der Waals surface area (Å²) >= 11 is 3.46. The lowest BCUT2D eigenvalue weighted by molar-refractivity contribution is 1.20. The van der Waals surface area contributed by atoms with E-state index in [1.54, 1.807) is 0 Å². The number of halogens is 1. The maximum atomic E-state index is 12.2. The number of hydrogen-bond acceptors (Lipinski definition) is 2. The molecular formula is C16H13BrN2O. The molecule has 2 aromatic carbocycles. The fraction of sp³-hybridized carbons (Fsp3) is 0.125. The minimum atomic E-state index is -0.173. The first-order valence-corrected chi connectivity index (χ1v) is 7.12. The van der Waals surface area contributed by atoms with Gasteiger partial charge in [-0.05, 0) is 43.2 Å². The Labute approximate surface area is 124 Å². The summed E-state index contributed by atoms with van der Waals surface area (Å²) in [5.41, 5.74) is 4.95. The monoisotopic (exact) mass is 328 g/mol. The number of hydrogen-bond donors (Lipinski definition) is 1. The summed E-state index contributed by atoms with van der Waals surface area (Å²) in [4.78, 5) is 19.7. The number of aryl methyl sites for hydroxylation is 2. The second-order valence-corrected chi connectivity index (χ2v) is 5.70. The Morgan fingerprint density at radius 1 is 1.10 bits per heavy atom. The molecule has 0 aliphatic heterocycles. The van der Waals surface area contributed by atoms with E-state index in [2.05, 4.69) is 25.9 Å². The highest BCUT2D eigenvalue weighted by Gasteiger charge is 2.10. The zero-order chi connectivity index (χ0) is 14.3. The van der Waals surface area contributed by atoms with Crippen molar-refractivity contribution in [2.24, 2.45) is 0 Å². The maximum Gasteiger partial charge on any atom is 0.275 e. The molecule has 0 unspecified atom stereocenters. The predicted molar refractivity (Wildman–Crippen MR) is 85.0 cm³/mol. The van der Waals surface area contributed by atoms with Crippen LogP contribution in [0.25, 0.3) is 22.3 Å². The summed E-state index contributed by atoms with van der Waals surface area (Å²) in [7, 11) is 0. The van der Waals surface area contributed by atoms with Crippen molar-refractivity contribution in [3.05, 3.63) is 62.4 Å². The van der Waals surface area contributed by atoms with Crippen LogP contribution in [0.4, 0.5) is 0 Å². The zero-order valence-corrected chi connectivity index (χ0v) is 12.8. The topological polar surface area (TPSA) is 45.8 Å². The van der Waals surface area contributed by atoms with E-state index >= 15 is 0 Å². The number of nitrogens with one attached hydrogen (secondary N) is 1. The highest BCUT2D eigenvalue weighted by molar-refractivity contribution is 9.10. The summed E-state index contributed by atoms with van der Waals surface area (Å²) in [5, 5.41) is 0. The van der Waals surface area contributed by atoms with E-state index in [-0.39, 0.29) is 5.56 Å². The van der Waals surface area contributed by atoms with Crippen molar-refractivity contribution in [2.45, 2.75) is 13.8 Å². The molecule has 0 spiro atoms. The molecule has 3 nitrogen and oxygen atoms in total. The summed E-state index contributed by atoms with van der Waals surface area (Å²) in [6.45, 7) is 4.06. The second kappa shape index (κ2) is 4.87. The van der Waals surface area contributed by atoms with Crippen molar-refractivity contribution in [2.75, 3.05) is 0 Å². The molecule has 4 heteroatoms. The molecule has 0 atom stereocenters. The van der Waals surface area contributed by atoms with Crippen molar-refractivity contribution in [3.8, 4) is 11.3 Å². The van der Waals surface area contributed by atoms with E-state index in [9.17, 15) is 4.79 Å². The lowest BCUT2D eigenvalue weighted by Crippen LogP contribution is -2.12. The van der Waals surface area contributed by atoms with Crippen LogP contribution in [0.3, 0.4) is 0 Å². The van der Waals surface area contributed by atoms with Gasteiger partial charge in [-0.15, -0.1) is 0 Å². The summed E-state index contributed by atoms with van der Waals surface area (Å²) < 4.78 is 0.862. The summed E-state index contributed by atoms with van der Waals surface area (Å²) in [6.07, 6.45) is 0. The number of nitrogens with zero attached hydrogens (tertiary/aromatic N) is 1. The van der Waals surface area contributed by atoms with Gasteiger partial charge in [0.05, 0.1) is 11.0 Å². The molecule has 3 rings (SSSR count). The van der Waals surface area contributed by atoms with Gasteiger partial charge in [0.2, 0.25) is 0 Å². The van der Waals surface area contributed by atoms with E-state index in [0.717, 1.165) is 32.2 Å². The molecular weight excluding hydrogens is 316 g/mol. The Kier molecular flexibility index (Phi) is 3.18. The molecule has 20 heavy (non-hydrogen) atoms. The smallest absolute Gasteiger partial charge is 0.275 e. The number of aromatic nitrogens is 2. The predicted octanol–water partition coefficient (Wildman–Crippen LogP) is 3.97. The van der Waals surface area contributed by atoms with Gasteiger partial charge in [0.15, 0.2) is 0 Å². The van der Waals surface area contributed by atoms with Gasteiger partial charge >= 0.3 is 0 Å². The Hall–Kier alpha value is -1.94. The van der Waals surface area contributed by atoms with Gasteiger partial charge in [-0.2, -0.15) is 0 Å². The molecule has 0 saturated heterocycles. The van der Waals surface area contributed by atoms with Gasteiger partial charge in [-0.1, -0.05) is 34.1 Å². The Morgan fingerprint density at radius 2 is 1.80 bits per heavy atom. The average molecular weight is 329 g/mol. The molecule has 1 aromatic heterocycles. The first-order chi connectivity index (χ1) is 9.56. The molecule has 0 radical (unpaired) electrons. The SMILES string of the molecule is Cc1cc2nc(-c3ccccc3Br)c(=O)[nH]c2cc1C. The van der Waals surface area contributed by atoms with E-state index in [1.807, 2.05) is 50.2 Å². The van der Waals surface area contributed by atoms with Crippen LogP contribution in [0, 0.1) is 13.8 Å². The first-order valence-electron chi connectivity index (χ1n) is 6.32. The standard InChI is InChI=1S/C16H13BrN2O/c1-9-7-13-14(8-10(9)2)19-16(20)15(18-13)11-5-3-4-6-12(11)17/h3-8H,1-2H3,(H,19,20). The normalized spacial score (nSPS) is 10.9. The van der Waals surface area contributed by atoms with Crippen molar-refractivity contribution >= 4 is 27.0 Å². The minimum Gasteiger partial charge on any atom is -0.319 e. The molecule has 3 aromatic rings. The van der Waals surface area contributed by atoms with Gasteiger partial charge in [0, 0.05) is 10.0 Å². The Balaban J connectivity index is 2.33. The van der Waals surface area contributed by atoms with E-state index in [1.165, 1.54) is 0 Å². The Bertz CT molecular complexity index is 868. The van der Waals surface area contributed by atoms with E-state index < -0.39 is 0 Å². The molecule has 1 N–H and O–H groups in total. The third kappa shape index (κ3) is 2.16. The Morgan fingerprint density at radius 3 is 2.55 bits per heavy atom. The van der Waals surface area contributed by atoms with Gasteiger partial charge in [0.25, 0.3) is 5.56 Å². The van der Waals surface area contributed by atoms with Crippen LogP contribution < -0.4 is 5.56 Å². The third-order valence-electron chi connectivity index (χ3n) is 3.44. The van der Waals surface area contributed by atoms with Crippen LogP contribution in [0.5, 0.6) is 0 Å². The van der Waals surface area contributed by atoms with Gasteiger partial charge < -0.3 is 4.98 Å². The van der Waals surface area contributed by atoms with Crippen LogP contribution in [-0.4, -0.2) is 9.97 Å². The van der Waals surface area contributed by atoms with Crippen molar-refractivity contribution in [1.29, 1.82) is 0 Å². The van der Waals surface area contributed by atoms with Crippen molar-refractivity contribution in [1.82, 2.24) is 9.97 Å². The number of aromatic amines is 1. The fourth-order valence-electron chi connectivity index (χ4n) is 2.18. The minimum absolute atomic E-state index is 0.173. The van der Waals surface area contributed by atoms with Gasteiger partial charge in [0.1, 0.15) is 5.69 Å². The maximum absolute atomic E-state index is 12.2. The molecule has 0 aliphatic rings. The van der Waals surface area contributed by atoms with Crippen molar-refractivity contribution in [3.63, 3.8) is 0 Å².